The fraction of sp³-hybridized carbons (Fsp3) is 0.227. The van der Waals surface area contributed by atoms with Gasteiger partial charge in [-0.1, -0.05) is 0 Å². The minimum Gasteiger partial charge on any atom is -0.492 e. The van der Waals surface area contributed by atoms with Crippen LogP contribution in [0.4, 0.5) is 4.39 Å². The van der Waals surface area contributed by atoms with E-state index in [0.29, 0.717) is 22.9 Å². The zero-order valence-corrected chi connectivity index (χ0v) is 16.7. The van der Waals surface area contributed by atoms with E-state index < -0.39 is 11.6 Å². The summed E-state index contributed by atoms with van der Waals surface area (Å²) in [6.45, 7) is 2.17. The number of fused-ring (bicyclic) bond motifs is 1. The molecule has 1 N–H and O–H groups in total. The van der Waals surface area contributed by atoms with Gasteiger partial charge in [0, 0.05) is 11.6 Å². The lowest BCUT2D eigenvalue weighted by molar-refractivity contribution is -0.124. The maximum Gasteiger partial charge on any atom is 0.267 e. The Bertz CT molecular complexity index is 1150. The molecule has 2 heterocycles. The Kier molecular flexibility index (Phi) is 5.83. The number of nitrogens with one attached hydrogen (secondary N) is 1. The van der Waals surface area contributed by atoms with Crippen LogP contribution in [0.25, 0.3) is 11.3 Å². The number of rotatable bonds is 7. The number of carbonyl (C=O) groups excluding carboxylic acids is 1. The Balaban J connectivity index is 1.39. The first-order valence-electron chi connectivity index (χ1n) is 9.67. The smallest absolute Gasteiger partial charge is 0.267 e. The van der Waals surface area contributed by atoms with E-state index in [9.17, 15) is 14.0 Å². The predicted octanol–water partition coefficient (Wildman–Crippen LogP) is 2.53. The monoisotopic (exact) mass is 425 g/mol. The van der Waals surface area contributed by atoms with Crippen molar-refractivity contribution >= 4 is 5.91 Å². The topological polar surface area (TPSA) is 91.7 Å². The largest absolute Gasteiger partial charge is 0.492 e. The number of aromatic nitrogens is 2. The second-order valence-electron chi connectivity index (χ2n) is 6.84. The van der Waals surface area contributed by atoms with Gasteiger partial charge in [0.2, 0.25) is 12.7 Å². The highest BCUT2D eigenvalue weighted by Crippen LogP contribution is 2.35. The first-order chi connectivity index (χ1) is 15.0. The Morgan fingerprint density at radius 1 is 1.16 bits per heavy atom. The van der Waals surface area contributed by atoms with E-state index in [1.165, 1.54) is 30.3 Å². The minimum atomic E-state index is -0.827. The molecular formula is C22H20FN3O5. The molecule has 0 bridgehead atoms. The van der Waals surface area contributed by atoms with Crippen molar-refractivity contribution in [1.29, 1.82) is 0 Å². The number of hydrogen-bond donors (Lipinski definition) is 1. The highest BCUT2D eigenvalue weighted by molar-refractivity contribution is 5.79. The molecule has 4 rings (SSSR count). The van der Waals surface area contributed by atoms with Crippen LogP contribution in [0.5, 0.6) is 17.2 Å². The first-order valence-corrected chi connectivity index (χ1v) is 9.67. The van der Waals surface area contributed by atoms with E-state index in [2.05, 4.69) is 10.4 Å². The van der Waals surface area contributed by atoms with Crippen molar-refractivity contribution < 1.29 is 23.4 Å². The third-order valence-electron chi connectivity index (χ3n) is 4.72. The summed E-state index contributed by atoms with van der Waals surface area (Å²) < 4.78 is 30.2. The van der Waals surface area contributed by atoms with E-state index in [1.807, 2.05) is 6.07 Å². The number of nitrogens with zero attached hydrogens (tertiary/aromatic N) is 2. The van der Waals surface area contributed by atoms with Gasteiger partial charge in [-0.2, -0.15) is 5.10 Å². The molecule has 1 aliphatic heterocycles. The summed E-state index contributed by atoms with van der Waals surface area (Å²) in [5.41, 5.74) is 0.866. The quantitative estimate of drug-likeness (QED) is 0.585. The van der Waals surface area contributed by atoms with E-state index in [4.69, 9.17) is 14.2 Å². The maximum atomic E-state index is 12.9. The summed E-state index contributed by atoms with van der Waals surface area (Å²) in [5, 5.41) is 7.06. The number of ether oxygens (including phenoxy) is 3. The number of carbonyl (C=O) groups is 1. The lowest BCUT2D eigenvalue weighted by Crippen LogP contribution is -2.38. The van der Waals surface area contributed by atoms with Gasteiger partial charge in [-0.25, -0.2) is 9.07 Å². The molecule has 8 nitrogen and oxygen atoms in total. The summed E-state index contributed by atoms with van der Waals surface area (Å²) in [6, 6.07) is 13.1. The molecule has 160 valence electrons. The molecule has 31 heavy (non-hydrogen) atoms. The second kappa shape index (κ2) is 8.86. The van der Waals surface area contributed by atoms with Crippen LogP contribution in [0.3, 0.4) is 0 Å². The third-order valence-corrected chi connectivity index (χ3v) is 4.72. The lowest BCUT2D eigenvalue weighted by Gasteiger charge is -2.15. The second-order valence-corrected chi connectivity index (χ2v) is 6.84. The highest BCUT2D eigenvalue weighted by atomic mass is 19.1. The van der Waals surface area contributed by atoms with Crippen LogP contribution in [-0.4, -0.2) is 35.6 Å². The molecule has 0 radical (unpaired) electrons. The molecule has 0 spiro atoms. The van der Waals surface area contributed by atoms with Crippen LogP contribution in [0, 0.1) is 5.82 Å². The normalized spacial score (nSPS) is 13.0. The molecular weight excluding hydrogens is 405 g/mol. The van der Waals surface area contributed by atoms with Crippen LogP contribution < -0.4 is 25.1 Å². The molecule has 0 fully saturated rings. The van der Waals surface area contributed by atoms with E-state index in [-0.39, 0.29) is 31.7 Å². The Hall–Kier alpha value is -3.88. The lowest BCUT2D eigenvalue weighted by atomic mass is 10.1. The van der Waals surface area contributed by atoms with Gasteiger partial charge in [-0.05, 0) is 55.5 Å². The molecule has 1 aliphatic rings. The fourth-order valence-electron chi connectivity index (χ4n) is 3.05. The molecule has 2 aromatic carbocycles. The van der Waals surface area contributed by atoms with Crippen LogP contribution >= 0.6 is 0 Å². The van der Waals surface area contributed by atoms with Crippen LogP contribution in [-0.2, 0) is 4.79 Å². The Labute approximate surface area is 177 Å². The maximum absolute atomic E-state index is 12.9. The third kappa shape index (κ3) is 4.66. The average Bonchev–Trinajstić information content (AvgIpc) is 3.25. The average molecular weight is 425 g/mol. The van der Waals surface area contributed by atoms with Crippen LogP contribution in [0.2, 0.25) is 0 Å². The summed E-state index contributed by atoms with van der Waals surface area (Å²) in [7, 11) is 0. The van der Waals surface area contributed by atoms with Crippen molar-refractivity contribution in [2.45, 2.75) is 13.0 Å². The van der Waals surface area contributed by atoms with Gasteiger partial charge in [0.1, 0.15) is 24.2 Å². The van der Waals surface area contributed by atoms with Crippen molar-refractivity contribution in [3.63, 3.8) is 0 Å². The number of benzene rings is 2. The molecule has 0 aliphatic carbocycles. The van der Waals surface area contributed by atoms with Gasteiger partial charge in [-0.3, -0.25) is 9.59 Å². The van der Waals surface area contributed by atoms with Crippen molar-refractivity contribution in [3.8, 4) is 28.5 Å². The molecule has 1 amide bonds. The SMILES string of the molecule is CC(C(=O)NCCOc1ccc(F)cc1)n1nc(-c2ccc3c(c2)OCO3)ccc1=O. The van der Waals surface area contributed by atoms with E-state index in [1.54, 1.807) is 25.1 Å². The van der Waals surface area contributed by atoms with Crippen molar-refractivity contribution in [2.75, 3.05) is 19.9 Å². The molecule has 0 saturated carbocycles. The number of halogens is 1. The van der Waals surface area contributed by atoms with Gasteiger partial charge >= 0.3 is 0 Å². The van der Waals surface area contributed by atoms with Crippen molar-refractivity contribution in [2.24, 2.45) is 0 Å². The molecule has 1 aromatic heterocycles. The Morgan fingerprint density at radius 2 is 1.94 bits per heavy atom. The standard InChI is InChI=1S/C22H20FN3O5/c1-14(22(28)24-10-11-29-17-5-3-16(23)4-6-17)26-21(27)9-7-18(25-26)15-2-8-19-20(12-15)31-13-30-19/h2-9,12,14H,10-11,13H2,1H3,(H,24,28). The predicted molar refractivity (Wildman–Crippen MR) is 110 cm³/mol. The molecule has 1 unspecified atom stereocenters. The van der Waals surface area contributed by atoms with Gasteiger partial charge in [-0.15, -0.1) is 0 Å². The molecule has 0 saturated heterocycles. The summed E-state index contributed by atoms with van der Waals surface area (Å²) in [5.74, 6) is 1.02. The van der Waals surface area contributed by atoms with Gasteiger partial charge < -0.3 is 19.5 Å². The van der Waals surface area contributed by atoms with Crippen LogP contribution in [0.15, 0.2) is 59.4 Å². The van der Waals surface area contributed by atoms with Crippen LogP contribution in [0.1, 0.15) is 13.0 Å². The summed E-state index contributed by atoms with van der Waals surface area (Å²) >= 11 is 0. The number of amides is 1. The van der Waals surface area contributed by atoms with E-state index >= 15 is 0 Å². The fourth-order valence-corrected chi connectivity index (χ4v) is 3.05. The zero-order valence-electron chi connectivity index (χ0n) is 16.7. The Morgan fingerprint density at radius 3 is 2.74 bits per heavy atom. The van der Waals surface area contributed by atoms with Gasteiger partial charge in [0.05, 0.1) is 12.2 Å². The van der Waals surface area contributed by atoms with Crippen molar-refractivity contribution in [1.82, 2.24) is 15.1 Å². The molecule has 1 atom stereocenters. The minimum absolute atomic E-state index is 0.161. The summed E-state index contributed by atoms with van der Waals surface area (Å²) in [6.07, 6.45) is 0. The van der Waals surface area contributed by atoms with Gasteiger partial charge in [0.25, 0.3) is 5.56 Å². The van der Waals surface area contributed by atoms with E-state index in [0.717, 1.165) is 10.2 Å². The molecule has 9 heteroatoms. The molecule has 3 aromatic rings. The number of hydrogen-bond acceptors (Lipinski definition) is 6. The van der Waals surface area contributed by atoms with Crippen molar-refractivity contribution in [3.05, 3.63) is 70.8 Å². The zero-order chi connectivity index (χ0) is 21.8. The first kappa shape index (κ1) is 20.4. The summed E-state index contributed by atoms with van der Waals surface area (Å²) in [4.78, 5) is 24.8. The highest BCUT2D eigenvalue weighted by Gasteiger charge is 2.19. The van der Waals surface area contributed by atoms with Gasteiger partial charge in [0.15, 0.2) is 11.5 Å².